The molecule has 0 radical (unpaired) electrons. The number of hydrogen-bond acceptors (Lipinski definition) is 1. The Kier molecular flexibility index (Phi) is 0.845. The Hall–Kier alpha value is -0.0400. The van der Waals surface area contributed by atoms with Gasteiger partial charge in [-0.3, -0.25) is 0 Å². The van der Waals surface area contributed by atoms with E-state index in [0.717, 1.165) is 5.92 Å². The first-order valence-electron chi connectivity index (χ1n) is 2.56. The van der Waals surface area contributed by atoms with E-state index in [4.69, 9.17) is 5.73 Å². The van der Waals surface area contributed by atoms with Crippen LogP contribution in [0.3, 0.4) is 0 Å². The molecule has 1 nitrogen and oxygen atoms in total. The molecule has 0 amide bonds. The molecule has 1 aliphatic rings. The lowest BCUT2D eigenvalue weighted by Gasteiger charge is -2.29. The SMILES string of the molecule is C[C@@H]1CCC1N. The minimum absolute atomic E-state index is 0.532. The van der Waals surface area contributed by atoms with E-state index in [2.05, 4.69) is 6.92 Å². The van der Waals surface area contributed by atoms with E-state index >= 15 is 0 Å². The first kappa shape index (κ1) is 4.13. The van der Waals surface area contributed by atoms with Gasteiger partial charge in [-0.2, -0.15) is 0 Å². The summed E-state index contributed by atoms with van der Waals surface area (Å²) in [6.45, 7) is 2.20. The monoisotopic (exact) mass is 85.1 g/mol. The molecule has 1 fully saturated rings. The zero-order valence-corrected chi connectivity index (χ0v) is 4.15. The maximum Gasteiger partial charge on any atom is 0.00646 e. The van der Waals surface area contributed by atoms with Crippen molar-refractivity contribution in [2.45, 2.75) is 25.8 Å². The molecule has 2 atom stereocenters. The first-order valence-corrected chi connectivity index (χ1v) is 2.56. The van der Waals surface area contributed by atoms with Gasteiger partial charge in [-0.1, -0.05) is 6.92 Å². The summed E-state index contributed by atoms with van der Waals surface area (Å²) >= 11 is 0. The highest BCUT2D eigenvalue weighted by Crippen LogP contribution is 2.23. The summed E-state index contributed by atoms with van der Waals surface area (Å²) < 4.78 is 0. The fourth-order valence-electron chi connectivity index (χ4n) is 0.692. The van der Waals surface area contributed by atoms with Crippen LogP contribution in [0.1, 0.15) is 19.8 Å². The van der Waals surface area contributed by atoms with Gasteiger partial charge in [0.05, 0.1) is 0 Å². The Balaban J connectivity index is 2.20. The van der Waals surface area contributed by atoms with Crippen LogP contribution in [0.5, 0.6) is 0 Å². The van der Waals surface area contributed by atoms with Crippen LogP contribution in [0, 0.1) is 5.92 Å². The van der Waals surface area contributed by atoms with Crippen LogP contribution in [0.15, 0.2) is 0 Å². The van der Waals surface area contributed by atoms with Crippen molar-refractivity contribution in [3.05, 3.63) is 0 Å². The molecule has 0 aromatic carbocycles. The van der Waals surface area contributed by atoms with Crippen LogP contribution in [0.4, 0.5) is 0 Å². The number of hydrogen-bond donors (Lipinski definition) is 1. The average molecular weight is 85.2 g/mol. The lowest BCUT2D eigenvalue weighted by Crippen LogP contribution is -2.37. The predicted octanol–water partition coefficient (Wildman–Crippen LogP) is 0.744. The Labute approximate surface area is 38.5 Å². The van der Waals surface area contributed by atoms with Crippen molar-refractivity contribution < 1.29 is 0 Å². The van der Waals surface area contributed by atoms with Crippen molar-refractivity contribution in [3.8, 4) is 0 Å². The summed E-state index contributed by atoms with van der Waals surface area (Å²) in [6.07, 6.45) is 2.60. The average Bonchev–Trinajstić information content (AvgIpc) is 1.61. The second-order valence-corrected chi connectivity index (χ2v) is 2.22. The molecule has 0 saturated heterocycles. The Bertz CT molecular complexity index is 43.9. The maximum absolute atomic E-state index is 5.52. The Morgan fingerprint density at radius 3 is 2.00 bits per heavy atom. The zero-order valence-electron chi connectivity index (χ0n) is 4.15. The first-order chi connectivity index (χ1) is 2.80. The third-order valence-corrected chi connectivity index (χ3v) is 1.69. The van der Waals surface area contributed by atoms with Gasteiger partial charge >= 0.3 is 0 Å². The summed E-state index contributed by atoms with van der Waals surface area (Å²) in [6, 6.07) is 0.532. The summed E-state index contributed by atoms with van der Waals surface area (Å²) in [4.78, 5) is 0. The topological polar surface area (TPSA) is 26.0 Å². The molecule has 0 aromatic rings. The Morgan fingerprint density at radius 1 is 1.50 bits per heavy atom. The van der Waals surface area contributed by atoms with E-state index in [1.807, 2.05) is 0 Å². The largest absolute Gasteiger partial charge is 0.327 e. The third kappa shape index (κ3) is 0.432. The highest BCUT2D eigenvalue weighted by Gasteiger charge is 2.21. The highest BCUT2D eigenvalue weighted by atomic mass is 14.7. The molecule has 1 rings (SSSR count). The standard InChI is InChI=1S/C5H11N/c1-4-2-3-5(4)6/h4-5H,2-3,6H2,1H3/t4-,5?/m1/s1. The van der Waals surface area contributed by atoms with Crippen molar-refractivity contribution in [2.75, 3.05) is 0 Å². The summed E-state index contributed by atoms with van der Waals surface area (Å²) in [5, 5.41) is 0. The quantitative estimate of drug-likeness (QED) is 0.461. The smallest absolute Gasteiger partial charge is 0.00646 e. The molecule has 0 aromatic heterocycles. The van der Waals surface area contributed by atoms with Crippen LogP contribution in [0.2, 0.25) is 0 Å². The van der Waals surface area contributed by atoms with Crippen molar-refractivity contribution >= 4 is 0 Å². The zero-order chi connectivity index (χ0) is 4.57. The van der Waals surface area contributed by atoms with E-state index in [1.165, 1.54) is 12.8 Å². The second-order valence-electron chi connectivity index (χ2n) is 2.22. The molecular weight excluding hydrogens is 74.1 g/mol. The van der Waals surface area contributed by atoms with Gasteiger partial charge < -0.3 is 5.73 Å². The summed E-state index contributed by atoms with van der Waals surface area (Å²) in [7, 11) is 0. The normalized spacial score (nSPS) is 45.0. The molecular formula is C5H11N. The molecule has 1 saturated carbocycles. The Morgan fingerprint density at radius 2 is 2.00 bits per heavy atom. The van der Waals surface area contributed by atoms with Crippen molar-refractivity contribution in [2.24, 2.45) is 11.7 Å². The van der Waals surface area contributed by atoms with Crippen LogP contribution >= 0.6 is 0 Å². The minimum atomic E-state index is 0.532. The van der Waals surface area contributed by atoms with E-state index in [9.17, 15) is 0 Å². The fourth-order valence-corrected chi connectivity index (χ4v) is 0.692. The molecule has 1 unspecified atom stereocenters. The van der Waals surface area contributed by atoms with Gasteiger partial charge in [-0.05, 0) is 18.8 Å². The van der Waals surface area contributed by atoms with Crippen molar-refractivity contribution in [1.82, 2.24) is 0 Å². The maximum atomic E-state index is 5.52. The van der Waals surface area contributed by atoms with Crippen molar-refractivity contribution in [1.29, 1.82) is 0 Å². The summed E-state index contributed by atoms with van der Waals surface area (Å²) in [5.74, 6) is 0.810. The molecule has 1 aliphatic carbocycles. The van der Waals surface area contributed by atoms with Gasteiger partial charge in [0.1, 0.15) is 0 Å². The van der Waals surface area contributed by atoms with Gasteiger partial charge in [-0.15, -0.1) is 0 Å². The fraction of sp³-hybridized carbons (Fsp3) is 1.00. The molecule has 0 bridgehead atoms. The van der Waals surface area contributed by atoms with E-state index in [-0.39, 0.29) is 0 Å². The predicted molar refractivity (Wildman–Crippen MR) is 26.4 cm³/mol. The molecule has 0 aliphatic heterocycles. The summed E-state index contributed by atoms with van der Waals surface area (Å²) in [5.41, 5.74) is 5.52. The lowest BCUT2D eigenvalue weighted by atomic mass is 9.82. The highest BCUT2D eigenvalue weighted by molar-refractivity contribution is 4.79. The van der Waals surface area contributed by atoms with Gasteiger partial charge in [0, 0.05) is 6.04 Å². The van der Waals surface area contributed by atoms with Gasteiger partial charge in [0.15, 0.2) is 0 Å². The van der Waals surface area contributed by atoms with Crippen LogP contribution in [-0.2, 0) is 0 Å². The van der Waals surface area contributed by atoms with E-state index < -0.39 is 0 Å². The molecule has 36 valence electrons. The molecule has 2 N–H and O–H groups in total. The minimum Gasteiger partial charge on any atom is -0.327 e. The number of rotatable bonds is 0. The molecule has 1 heteroatoms. The van der Waals surface area contributed by atoms with E-state index in [1.54, 1.807) is 0 Å². The van der Waals surface area contributed by atoms with Gasteiger partial charge in [0.25, 0.3) is 0 Å². The molecule has 6 heavy (non-hydrogen) atoms. The van der Waals surface area contributed by atoms with Gasteiger partial charge in [-0.25, -0.2) is 0 Å². The van der Waals surface area contributed by atoms with Crippen LogP contribution in [-0.4, -0.2) is 6.04 Å². The third-order valence-electron chi connectivity index (χ3n) is 1.69. The van der Waals surface area contributed by atoms with Gasteiger partial charge in [0.2, 0.25) is 0 Å². The van der Waals surface area contributed by atoms with E-state index in [0.29, 0.717) is 6.04 Å². The lowest BCUT2D eigenvalue weighted by molar-refractivity contribution is 0.282. The number of nitrogens with two attached hydrogens (primary N) is 1. The van der Waals surface area contributed by atoms with Crippen LogP contribution in [0.25, 0.3) is 0 Å². The molecule has 0 heterocycles. The van der Waals surface area contributed by atoms with Crippen LogP contribution < -0.4 is 5.73 Å². The van der Waals surface area contributed by atoms with Crippen molar-refractivity contribution in [3.63, 3.8) is 0 Å². The molecule has 0 spiro atoms. The second kappa shape index (κ2) is 1.23.